The van der Waals surface area contributed by atoms with Gasteiger partial charge in [-0.05, 0) is 31.9 Å². The third-order valence-electron chi connectivity index (χ3n) is 4.73. The van der Waals surface area contributed by atoms with Crippen LogP contribution in [0.3, 0.4) is 0 Å². The fraction of sp³-hybridized carbons (Fsp3) is 0.550. The van der Waals surface area contributed by atoms with Crippen LogP contribution in [-0.4, -0.2) is 22.7 Å². The molecule has 1 unspecified atom stereocenters. The van der Waals surface area contributed by atoms with E-state index in [4.69, 9.17) is 0 Å². The summed E-state index contributed by atoms with van der Waals surface area (Å²) in [6.45, 7) is 4.72. The maximum absolute atomic E-state index is 12.0. The minimum Gasteiger partial charge on any atom is -0.479 e. The van der Waals surface area contributed by atoms with Crippen LogP contribution in [0.15, 0.2) is 18.2 Å². The Morgan fingerprint density at radius 2 is 2.00 bits per heavy atom. The van der Waals surface area contributed by atoms with Crippen molar-refractivity contribution in [2.24, 2.45) is 5.92 Å². The molecule has 1 aliphatic rings. The maximum atomic E-state index is 12.0. The van der Waals surface area contributed by atoms with E-state index in [1.807, 2.05) is 26.0 Å². The van der Waals surface area contributed by atoms with Gasteiger partial charge < -0.3 is 15.5 Å². The first-order chi connectivity index (χ1) is 11.5. The number of aliphatic hydroxyl groups is 1. The highest BCUT2D eigenvalue weighted by Crippen LogP contribution is 2.41. The summed E-state index contributed by atoms with van der Waals surface area (Å²) in [4.78, 5) is 12.0. The number of rotatable bonds is 5. The Balaban J connectivity index is 2.53. The zero-order valence-corrected chi connectivity index (χ0v) is 14.6. The second-order valence-electron chi connectivity index (χ2n) is 6.35. The number of hydrogen-bond donors (Lipinski definition) is 3. The number of anilines is 1. The van der Waals surface area contributed by atoms with Crippen molar-refractivity contribution in [3.63, 3.8) is 0 Å². The van der Waals surface area contributed by atoms with Crippen LogP contribution in [-0.2, 0) is 10.4 Å². The van der Waals surface area contributed by atoms with Gasteiger partial charge in [-0.2, -0.15) is 0 Å². The third-order valence-corrected chi connectivity index (χ3v) is 4.73. The predicted octanol–water partition coefficient (Wildman–Crippen LogP) is 3.73. The van der Waals surface area contributed by atoms with E-state index >= 15 is 0 Å². The second-order valence-corrected chi connectivity index (χ2v) is 6.35. The largest absolute Gasteiger partial charge is 0.479 e. The van der Waals surface area contributed by atoms with E-state index in [2.05, 4.69) is 17.2 Å². The van der Waals surface area contributed by atoms with Crippen LogP contribution in [0, 0.1) is 17.8 Å². The van der Waals surface area contributed by atoms with Crippen LogP contribution >= 0.6 is 0 Å². The normalized spacial score (nSPS) is 17.5. The topological polar surface area (TPSA) is 69.6 Å². The first kappa shape index (κ1) is 18.4. The summed E-state index contributed by atoms with van der Waals surface area (Å²) in [6, 6.07) is 5.39. The molecule has 2 rings (SSSR count). The summed E-state index contributed by atoms with van der Waals surface area (Å²) in [5, 5.41) is 24.3. The lowest BCUT2D eigenvalue weighted by Gasteiger charge is -2.36. The molecule has 1 aliphatic carbocycles. The number of hydrogen-bond acceptors (Lipinski definition) is 3. The summed E-state index contributed by atoms with van der Waals surface area (Å²) in [6.07, 6.45) is 5.18. The smallest absolute Gasteiger partial charge is 0.340 e. The Morgan fingerprint density at radius 1 is 1.29 bits per heavy atom. The molecule has 1 saturated carbocycles. The van der Waals surface area contributed by atoms with Gasteiger partial charge in [0, 0.05) is 35.7 Å². The van der Waals surface area contributed by atoms with Gasteiger partial charge >= 0.3 is 5.97 Å². The summed E-state index contributed by atoms with van der Waals surface area (Å²) >= 11 is 0. The summed E-state index contributed by atoms with van der Waals surface area (Å²) in [7, 11) is 0. The van der Waals surface area contributed by atoms with E-state index in [0.717, 1.165) is 44.3 Å². The van der Waals surface area contributed by atoms with Crippen LogP contribution in [0.1, 0.15) is 63.5 Å². The zero-order valence-electron chi connectivity index (χ0n) is 14.6. The maximum Gasteiger partial charge on any atom is 0.340 e. The Morgan fingerprint density at radius 3 is 2.58 bits per heavy atom. The van der Waals surface area contributed by atoms with Crippen LogP contribution in [0.25, 0.3) is 0 Å². The van der Waals surface area contributed by atoms with Crippen molar-refractivity contribution >= 4 is 11.7 Å². The lowest BCUT2D eigenvalue weighted by Crippen LogP contribution is -2.44. The number of carbonyl (C=O) groups is 1. The number of carboxylic acid groups (broad SMARTS) is 1. The summed E-state index contributed by atoms with van der Waals surface area (Å²) in [5.74, 6) is 4.61. The van der Waals surface area contributed by atoms with Crippen LogP contribution < -0.4 is 5.32 Å². The Hall–Kier alpha value is -1.99. The minimum absolute atomic E-state index is 0.268. The first-order valence-corrected chi connectivity index (χ1v) is 8.87. The van der Waals surface area contributed by atoms with Gasteiger partial charge in [-0.1, -0.05) is 44.1 Å². The van der Waals surface area contributed by atoms with Crippen molar-refractivity contribution in [2.45, 2.75) is 58.0 Å². The second kappa shape index (κ2) is 8.21. The molecule has 1 atom stereocenters. The molecule has 4 nitrogen and oxygen atoms in total. The number of nitrogens with one attached hydrogen (secondary N) is 1. The van der Waals surface area contributed by atoms with Gasteiger partial charge in [0.05, 0.1) is 0 Å². The molecule has 0 saturated heterocycles. The summed E-state index contributed by atoms with van der Waals surface area (Å²) < 4.78 is 0. The molecule has 0 radical (unpaired) electrons. The zero-order chi connectivity index (χ0) is 17.6. The van der Waals surface area contributed by atoms with Gasteiger partial charge in [0.15, 0.2) is 5.60 Å². The third kappa shape index (κ3) is 3.73. The fourth-order valence-electron chi connectivity index (χ4n) is 3.51. The van der Waals surface area contributed by atoms with Crippen molar-refractivity contribution in [2.75, 3.05) is 11.9 Å². The molecule has 0 heterocycles. The molecule has 0 aromatic heterocycles. The molecule has 1 aromatic rings. The van der Waals surface area contributed by atoms with Crippen molar-refractivity contribution < 1.29 is 15.0 Å². The van der Waals surface area contributed by atoms with Crippen LogP contribution in [0.4, 0.5) is 5.69 Å². The molecule has 0 spiro atoms. The number of carboxylic acids is 1. The average molecular weight is 329 g/mol. The van der Waals surface area contributed by atoms with E-state index in [1.54, 1.807) is 6.07 Å². The van der Waals surface area contributed by atoms with Gasteiger partial charge in [0.25, 0.3) is 0 Å². The minimum atomic E-state index is -1.87. The van der Waals surface area contributed by atoms with E-state index in [0.29, 0.717) is 17.5 Å². The first-order valence-electron chi connectivity index (χ1n) is 8.87. The molecule has 0 aliphatic heterocycles. The highest BCUT2D eigenvalue weighted by molar-refractivity contribution is 5.81. The van der Waals surface area contributed by atoms with E-state index in [1.165, 1.54) is 0 Å². The van der Waals surface area contributed by atoms with Crippen molar-refractivity contribution in [3.8, 4) is 11.8 Å². The fourth-order valence-corrected chi connectivity index (χ4v) is 3.51. The lowest BCUT2D eigenvalue weighted by atomic mass is 9.72. The standard InChI is InChI=1S/C20H27NO3/c1-3-5-9-15-14-17(21-4-2)12-13-18(15)20(24,19(22)23)16-10-7-6-8-11-16/h12-14,16,21,24H,3-4,6-8,10-11H2,1-2H3,(H,22,23). The Labute approximate surface area is 144 Å². The van der Waals surface area contributed by atoms with Crippen LogP contribution in [0.2, 0.25) is 0 Å². The molecule has 0 amide bonds. The SMILES string of the molecule is CCC#Cc1cc(NCC)ccc1C(O)(C(=O)O)C1CCCCC1. The summed E-state index contributed by atoms with van der Waals surface area (Å²) in [5.41, 5.74) is 0.0384. The Bertz CT molecular complexity index is 638. The van der Waals surface area contributed by atoms with Gasteiger partial charge in [0.1, 0.15) is 0 Å². The molecule has 4 heteroatoms. The average Bonchev–Trinajstić information content (AvgIpc) is 2.60. The van der Waals surface area contributed by atoms with Crippen molar-refractivity contribution in [1.29, 1.82) is 0 Å². The van der Waals surface area contributed by atoms with Crippen molar-refractivity contribution in [3.05, 3.63) is 29.3 Å². The molecule has 0 bridgehead atoms. The molecule has 1 fully saturated rings. The molecule has 24 heavy (non-hydrogen) atoms. The quantitative estimate of drug-likeness (QED) is 0.720. The van der Waals surface area contributed by atoms with E-state index in [9.17, 15) is 15.0 Å². The molecular formula is C20H27NO3. The van der Waals surface area contributed by atoms with Gasteiger partial charge in [0.2, 0.25) is 0 Å². The molecule has 3 N–H and O–H groups in total. The van der Waals surface area contributed by atoms with Crippen molar-refractivity contribution in [1.82, 2.24) is 0 Å². The number of aliphatic carboxylic acids is 1. The Kier molecular flexibility index (Phi) is 6.28. The molecule has 130 valence electrons. The predicted molar refractivity (Wildman–Crippen MR) is 95.9 cm³/mol. The van der Waals surface area contributed by atoms with E-state index in [-0.39, 0.29) is 5.92 Å². The lowest BCUT2D eigenvalue weighted by molar-refractivity contribution is -0.168. The van der Waals surface area contributed by atoms with Gasteiger partial charge in [-0.15, -0.1) is 0 Å². The molecular weight excluding hydrogens is 302 g/mol. The monoisotopic (exact) mass is 329 g/mol. The van der Waals surface area contributed by atoms with E-state index < -0.39 is 11.6 Å². The molecule has 1 aromatic carbocycles. The van der Waals surface area contributed by atoms with Crippen LogP contribution in [0.5, 0.6) is 0 Å². The highest BCUT2D eigenvalue weighted by atomic mass is 16.4. The van der Waals surface area contributed by atoms with Gasteiger partial charge in [-0.3, -0.25) is 0 Å². The highest BCUT2D eigenvalue weighted by Gasteiger charge is 2.47. The van der Waals surface area contributed by atoms with Gasteiger partial charge in [-0.25, -0.2) is 4.79 Å². The number of benzene rings is 1.